The minimum Gasteiger partial charge on any atom is -0.464 e. The standard InChI is InChI=1S/C23H45NO4/c1-4-6-7-8-9-10-11-12-13-14-15-16-17-18-20-28-22(25)21(19-5-2)24-23(26)27-3/h21H,4-20H2,1-3H3,(H,24,26). The SMILES string of the molecule is CCCCCCCCCCCCCCCCOC(=O)C(CCC)NC(=O)OC. The predicted molar refractivity (Wildman–Crippen MR) is 116 cm³/mol. The molecule has 5 nitrogen and oxygen atoms in total. The van der Waals surface area contributed by atoms with E-state index in [1.165, 1.54) is 84.2 Å². The van der Waals surface area contributed by atoms with Gasteiger partial charge in [0.1, 0.15) is 6.04 Å². The van der Waals surface area contributed by atoms with Crippen molar-refractivity contribution in [1.82, 2.24) is 5.32 Å². The lowest BCUT2D eigenvalue weighted by Crippen LogP contribution is -2.41. The largest absolute Gasteiger partial charge is 0.464 e. The number of ether oxygens (including phenoxy) is 2. The summed E-state index contributed by atoms with van der Waals surface area (Å²) < 4.78 is 9.85. The summed E-state index contributed by atoms with van der Waals surface area (Å²) >= 11 is 0. The summed E-state index contributed by atoms with van der Waals surface area (Å²) in [4.78, 5) is 23.3. The lowest BCUT2D eigenvalue weighted by Gasteiger charge is -2.16. The van der Waals surface area contributed by atoms with E-state index in [0.29, 0.717) is 13.0 Å². The van der Waals surface area contributed by atoms with Crippen LogP contribution in [-0.4, -0.2) is 31.8 Å². The molecule has 1 atom stereocenters. The molecule has 0 saturated carbocycles. The highest BCUT2D eigenvalue weighted by molar-refractivity contribution is 5.81. The van der Waals surface area contributed by atoms with E-state index in [0.717, 1.165) is 19.3 Å². The van der Waals surface area contributed by atoms with Crippen molar-refractivity contribution in [3.8, 4) is 0 Å². The number of amides is 1. The Morgan fingerprint density at radius 1 is 0.714 bits per heavy atom. The molecule has 0 aliphatic rings. The molecule has 0 aromatic heterocycles. The van der Waals surface area contributed by atoms with E-state index >= 15 is 0 Å². The first kappa shape index (κ1) is 26.7. The number of hydrogen-bond donors (Lipinski definition) is 1. The first-order chi connectivity index (χ1) is 13.7. The van der Waals surface area contributed by atoms with Crippen molar-refractivity contribution < 1.29 is 19.1 Å². The Kier molecular flexibility index (Phi) is 19.6. The Hall–Kier alpha value is -1.26. The molecule has 0 saturated heterocycles. The van der Waals surface area contributed by atoms with Gasteiger partial charge in [0.25, 0.3) is 0 Å². The lowest BCUT2D eigenvalue weighted by molar-refractivity contribution is -0.146. The van der Waals surface area contributed by atoms with Crippen molar-refractivity contribution in [2.75, 3.05) is 13.7 Å². The Labute approximate surface area is 173 Å². The highest BCUT2D eigenvalue weighted by Gasteiger charge is 2.21. The van der Waals surface area contributed by atoms with Gasteiger partial charge in [-0.3, -0.25) is 0 Å². The number of unbranched alkanes of at least 4 members (excludes halogenated alkanes) is 13. The summed E-state index contributed by atoms with van der Waals surface area (Å²) in [7, 11) is 1.29. The van der Waals surface area contributed by atoms with Crippen molar-refractivity contribution >= 4 is 12.1 Å². The van der Waals surface area contributed by atoms with Crippen LogP contribution in [0.1, 0.15) is 117 Å². The second-order valence-electron chi connectivity index (χ2n) is 7.74. The molecule has 0 aromatic carbocycles. The van der Waals surface area contributed by atoms with E-state index in [-0.39, 0.29) is 5.97 Å². The minimum atomic E-state index is -0.607. The molecule has 5 heteroatoms. The van der Waals surface area contributed by atoms with Crippen molar-refractivity contribution in [3.05, 3.63) is 0 Å². The van der Waals surface area contributed by atoms with Crippen LogP contribution < -0.4 is 5.32 Å². The van der Waals surface area contributed by atoms with E-state index in [9.17, 15) is 9.59 Å². The molecule has 0 radical (unpaired) electrons. The molecule has 166 valence electrons. The van der Waals surface area contributed by atoms with Gasteiger partial charge in [-0.2, -0.15) is 0 Å². The molecule has 0 aromatic rings. The fraction of sp³-hybridized carbons (Fsp3) is 0.913. The Balaban J connectivity index is 3.46. The molecule has 0 heterocycles. The van der Waals surface area contributed by atoms with Gasteiger partial charge in [0.15, 0.2) is 0 Å². The van der Waals surface area contributed by atoms with Crippen LogP contribution in [-0.2, 0) is 14.3 Å². The molecule has 0 rings (SSSR count). The van der Waals surface area contributed by atoms with Gasteiger partial charge in [0.2, 0.25) is 0 Å². The maximum Gasteiger partial charge on any atom is 0.407 e. The van der Waals surface area contributed by atoms with Gasteiger partial charge in [0.05, 0.1) is 13.7 Å². The number of carbonyl (C=O) groups excluding carboxylic acids is 2. The monoisotopic (exact) mass is 399 g/mol. The fourth-order valence-corrected chi connectivity index (χ4v) is 3.31. The van der Waals surface area contributed by atoms with Crippen LogP contribution in [0.4, 0.5) is 4.79 Å². The third kappa shape index (κ3) is 16.9. The highest BCUT2D eigenvalue weighted by atomic mass is 16.5. The smallest absolute Gasteiger partial charge is 0.407 e. The van der Waals surface area contributed by atoms with E-state index in [1.807, 2.05) is 6.92 Å². The van der Waals surface area contributed by atoms with Gasteiger partial charge in [0, 0.05) is 0 Å². The van der Waals surface area contributed by atoms with Crippen molar-refractivity contribution in [2.45, 2.75) is 123 Å². The Morgan fingerprint density at radius 2 is 1.18 bits per heavy atom. The molecule has 0 bridgehead atoms. The maximum atomic E-state index is 12.0. The summed E-state index contributed by atoms with van der Waals surface area (Å²) in [5, 5.41) is 2.53. The van der Waals surface area contributed by atoms with Crippen LogP contribution in [0.25, 0.3) is 0 Å². The average molecular weight is 400 g/mol. The summed E-state index contributed by atoms with van der Waals surface area (Å²) in [6.07, 6.45) is 19.0. The van der Waals surface area contributed by atoms with Crippen LogP contribution >= 0.6 is 0 Å². The number of methoxy groups -OCH3 is 1. The lowest BCUT2D eigenvalue weighted by atomic mass is 10.0. The van der Waals surface area contributed by atoms with Crippen molar-refractivity contribution in [1.29, 1.82) is 0 Å². The van der Waals surface area contributed by atoms with E-state index in [2.05, 4.69) is 17.0 Å². The quantitative estimate of drug-likeness (QED) is 0.198. The number of hydrogen-bond acceptors (Lipinski definition) is 4. The molecule has 0 spiro atoms. The molecule has 1 N–H and O–H groups in total. The normalized spacial score (nSPS) is 11.8. The Morgan fingerprint density at radius 3 is 1.61 bits per heavy atom. The van der Waals surface area contributed by atoms with Gasteiger partial charge < -0.3 is 14.8 Å². The summed E-state index contributed by atoms with van der Waals surface area (Å²) in [6.45, 7) is 4.66. The van der Waals surface area contributed by atoms with Crippen LogP contribution in [0.5, 0.6) is 0 Å². The molecular formula is C23H45NO4. The number of esters is 1. The van der Waals surface area contributed by atoms with E-state index in [1.54, 1.807) is 0 Å². The van der Waals surface area contributed by atoms with Crippen LogP contribution in [0.15, 0.2) is 0 Å². The van der Waals surface area contributed by atoms with Crippen LogP contribution in [0, 0.1) is 0 Å². The topological polar surface area (TPSA) is 64.6 Å². The summed E-state index contributed by atoms with van der Waals surface area (Å²) in [5.74, 6) is -0.359. The number of rotatable bonds is 19. The molecule has 0 aliphatic carbocycles. The summed E-state index contributed by atoms with van der Waals surface area (Å²) in [6, 6.07) is -0.607. The molecular weight excluding hydrogens is 354 g/mol. The zero-order valence-electron chi connectivity index (χ0n) is 18.7. The molecule has 28 heavy (non-hydrogen) atoms. The first-order valence-corrected chi connectivity index (χ1v) is 11.7. The minimum absolute atomic E-state index is 0.359. The van der Waals surface area contributed by atoms with Gasteiger partial charge in [-0.15, -0.1) is 0 Å². The predicted octanol–water partition coefficient (Wildman–Crippen LogP) is 6.54. The van der Waals surface area contributed by atoms with Gasteiger partial charge in [-0.05, 0) is 12.8 Å². The molecule has 0 fully saturated rings. The van der Waals surface area contributed by atoms with E-state index < -0.39 is 12.1 Å². The van der Waals surface area contributed by atoms with E-state index in [4.69, 9.17) is 4.74 Å². The zero-order valence-corrected chi connectivity index (χ0v) is 18.7. The average Bonchev–Trinajstić information content (AvgIpc) is 2.70. The van der Waals surface area contributed by atoms with Gasteiger partial charge in [-0.1, -0.05) is 104 Å². The van der Waals surface area contributed by atoms with Crippen LogP contribution in [0.2, 0.25) is 0 Å². The maximum absolute atomic E-state index is 12.0. The number of alkyl carbamates (subject to hydrolysis) is 1. The number of nitrogens with one attached hydrogen (secondary N) is 1. The third-order valence-corrected chi connectivity index (χ3v) is 5.08. The third-order valence-electron chi connectivity index (χ3n) is 5.08. The van der Waals surface area contributed by atoms with Crippen molar-refractivity contribution in [2.24, 2.45) is 0 Å². The fourth-order valence-electron chi connectivity index (χ4n) is 3.31. The molecule has 0 aliphatic heterocycles. The Bertz CT molecular complexity index is 374. The second-order valence-corrected chi connectivity index (χ2v) is 7.74. The molecule has 1 unspecified atom stereocenters. The summed E-state index contributed by atoms with van der Waals surface area (Å²) in [5.41, 5.74) is 0. The van der Waals surface area contributed by atoms with Crippen molar-refractivity contribution in [3.63, 3.8) is 0 Å². The first-order valence-electron chi connectivity index (χ1n) is 11.7. The highest BCUT2D eigenvalue weighted by Crippen LogP contribution is 2.13. The molecule has 1 amide bonds. The van der Waals surface area contributed by atoms with Gasteiger partial charge in [-0.25, -0.2) is 9.59 Å². The second kappa shape index (κ2) is 20.5. The number of carbonyl (C=O) groups is 2. The van der Waals surface area contributed by atoms with Gasteiger partial charge >= 0.3 is 12.1 Å². The zero-order chi connectivity index (χ0) is 20.9. The van der Waals surface area contributed by atoms with Crippen LogP contribution in [0.3, 0.4) is 0 Å².